The summed E-state index contributed by atoms with van der Waals surface area (Å²) in [6.45, 7) is 10.1. The third-order valence-corrected chi connectivity index (χ3v) is 2.10. The summed E-state index contributed by atoms with van der Waals surface area (Å²) in [5, 5.41) is 0. The van der Waals surface area contributed by atoms with Crippen LogP contribution in [0, 0.1) is 20.8 Å². The van der Waals surface area contributed by atoms with E-state index in [0.29, 0.717) is 0 Å². The monoisotopic (exact) mass is 146 g/mol. The molecule has 0 atom stereocenters. The van der Waals surface area contributed by atoms with E-state index in [1.807, 2.05) is 6.08 Å². The van der Waals surface area contributed by atoms with Crippen molar-refractivity contribution in [1.29, 1.82) is 0 Å². The van der Waals surface area contributed by atoms with Gasteiger partial charge in [-0.05, 0) is 43.0 Å². The molecule has 1 aromatic carbocycles. The molecule has 0 spiro atoms. The van der Waals surface area contributed by atoms with Crippen LogP contribution in [0.4, 0.5) is 0 Å². The summed E-state index contributed by atoms with van der Waals surface area (Å²) in [6, 6.07) is 4.38. The Morgan fingerprint density at radius 2 is 1.55 bits per heavy atom. The van der Waals surface area contributed by atoms with E-state index in [4.69, 9.17) is 0 Å². The van der Waals surface area contributed by atoms with E-state index in [0.717, 1.165) is 0 Å². The highest BCUT2D eigenvalue weighted by Crippen LogP contribution is 2.15. The first-order valence-corrected chi connectivity index (χ1v) is 3.85. The highest BCUT2D eigenvalue weighted by molar-refractivity contribution is 5.54. The van der Waals surface area contributed by atoms with Crippen molar-refractivity contribution in [2.45, 2.75) is 20.8 Å². The predicted octanol–water partition coefficient (Wildman–Crippen LogP) is 3.25. The molecular weight excluding hydrogens is 132 g/mol. The quantitative estimate of drug-likeness (QED) is 0.570. The molecule has 0 amide bonds. The van der Waals surface area contributed by atoms with Gasteiger partial charge in [-0.15, -0.1) is 0 Å². The van der Waals surface area contributed by atoms with Crippen LogP contribution in [0.2, 0.25) is 0 Å². The smallest absolute Gasteiger partial charge is 0.0230 e. The minimum absolute atomic E-state index is 1.24. The molecule has 0 saturated heterocycles. The maximum atomic E-state index is 3.76. The van der Waals surface area contributed by atoms with Crippen molar-refractivity contribution in [2.75, 3.05) is 0 Å². The largest absolute Gasteiger partial charge is 0.0985 e. The predicted molar refractivity (Wildman–Crippen MR) is 50.7 cm³/mol. The van der Waals surface area contributed by atoms with E-state index in [1.165, 1.54) is 22.3 Å². The zero-order chi connectivity index (χ0) is 8.43. The number of aryl methyl sites for hydroxylation is 3. The van der Waals surface area contributed by atoms with Crippen molar-refractivity contribution in [3.05, 3.63) is 41.0 Å². The highest BCUT2D eigenvalue weighted by Gasteiger charge is 1.96. The van der Waals surface area contributed by atoms with Gasteiger partial charge in [0.1, 0.15) is 0 Å². The molecule has 0 aliphatic heterocycles. The summed E-state index contributed by atoms with van der Waals surface area (Å²) in [5.74, 6) is 0. The fraction of sp³-hybridized carbons (Fsp3) is 0.273. The molecule has 0 N–H and O–H groups in total. The van der Waals surface area contributed by atoms with Gasteiger partial charge >= 0.3 is 0 Å². The first kappa shape index (κ1) is 8.06. The summed E-state index contributed by atoms with van der Waals surface area (Å²) >= 11 is 0. The molecule has 0 bridgehead atoms. The third kappa shape index (κ3) is 1.51. The Morgan fingerprint density at radius 1 is 1.00 bits per heavy atom. The van der Waals surface area contributed by atoms with Crippen LogP contribution in [0.1, 0.15) is 22.3 Å². The van der Waals surface area contributed by atoms with Gasteiger partial charge in [-0.1, -0.05) is 24.8 Å². The van der Waals surface area contributed by atoms with Crippen molar-refractivity contribution in [1.82, 2.24) is 0 Å². The van der Waals surface area contributed by atoms with Crippen molar-refractivity contribution in [3.8, 4) is 0 Å². The first-order valence-electron chi connectivity index (χ1n) is 3.85. The Balaban J connectivity index is 3.31. The summed E-state index contributed by atoms with van der Waals surface area (Å²) in [5.41, 5.74) is 5.25. The molecule has 0 nitrogen and oxygen atoms in total. The standard InChI is InChI=1S/C11H14/c1-5-11-7-9(3)8(2)6-10(11)4/h5-7H,1H2,2-4H3. The summed E-state index contributed by atoms with van der Waals surface area (Å²) in [4.78, 5) is 0. The van der Waals surface area contributed by atoms with Gasteiger partial charge < -0.3 is 0 Å². The zero-order valence-electron chi connectivity index (χ0n) is 7.44. The summed E-state index contributed by atoms with van der Waals surface area (Å²) in [7, 11) is 0. The van der Waals surface area contributed by atoms with Gasteiger partial charge in [-0.25, -0.2) is 0 Å². The van der Waals surface area contributed by atoms with Crippen molar-refractivity contribution < 1.29 is 0 Å². The molecule has 1 rings (SSSR count). The molecule has 0 aliphatic rings. The molecule has 11 heavy (non-hydrogen) atoms. The topological polar surface area (TPSA) is 0 Å². The second kappa shape index (κ2) is 2.91. The molecule has 0 heteroatoms. The van der Waals surface area contributed by atoms with Crippen LogP contribution >= 0.6 is 0 Å². The molecule has 1 aromatic rings. The Kier molecular flexibility index (Phi) is 2.13. The molecule has 0 aromatic heterocycles. The number of benzene rings is 1. The van der Waals surface area contributed by atoms with Crippen LogP contribution in [-0.2, 0) is 0 Å². The van der Waals surface area contributed by atoms with E-state index in [-0.39, 0.29) is 0 Å². The normalized spacial score (nSPS) is 9.73. The van der Waals surface area contributed by atoms with E-state index in [9.17, 15) is 0 Å². The van der Waals surface area contributed by atoms with Crippen molar-refractivity contribution in [2.24, 2.45) is 0 Å². The van der Waals surface area contributed by atoms with Gasteiger partial charge in [-0.3, -0.25) is 0 Å². The summed E-state index contributed by atoms with van der Waals surface area (Å²) in [6.07, 6.45) is 1.90. The lowest BCUT2D eigenvalue weighted by Crippen LogP contribution is -1.86. The lowest BCUT2D eigenvalue weighted by atomic mass is 10.0. The Morgan fingerprint density at radius 3 is 2.09 bits per heavy atom. The maximum Gasteiger partial charge on any atom is -0.0230 e. The average Bonchev–Trinajstić information content (AvgIpc) is 1.97. The number of hydrogen-bond donors (Lipinski definition) is 0. The highest BCUT2D eigenvalue weighted by atomic mass is 14.0. The van der Waals surface area contributed by atoms with E-state index in [1.54, 1.807) is 0 Å². The van der Waals surface area contributed by atoms with Crippen LogP contribution in [-0.4, -0.2) is 0 Å². The lowest BCUT2D eigenvalue weighted by molar-refractivity contribution is 1.29. The van der Waals surface area contributed by atoms with Gasteiger partial charge in [-0.2, -0.15) is 0 Å². The van der Waals surface area contributed by atoms with Crippen LogP contribution in [0.3, 0.4) is 0 Å². The fourth-order valence-corrected chi connectivity index (χ4v) is 1.20. The summed E-state index contributed by atoms with van der Waals surface area (Å²) < 4.78 is 0. The van der Waals surface area contributed by atoms with E-state index >= 15 is 0 Å². The first-order chi connectivity index (χ1) is 5.15. The number of hydrogen-bond acceptors (Lipinski definition) is 0. The Bertz CT molecular complexity index is 282. The van der Waals surface area contributed by atoms with Crippen molar-refractivity contribution >= 4 is 6.08 Å². The maximum absolute atomic E-state index is 3.76. The van der Waals surface area contributed by atoms with Gasteiger partial charge in [0, 0.05) is 0 Å². The third-order valence-electron chi connectivity index (χ3n) is 2.10. The minimum Gasteiger partial charge on any atom is -0.0985 e. The number of rotatable bonds is 1. The van der Waals surface area contributed by atoms with Gasteiger partial charge in [0.2, 0.25) is 0 Å². The molecule has 0 fully saturated rings. The van der Waals surface area contributed by atoms with E-state index in [2.05, 4.69) is 39.5 Å². The van der Waals surface area contributed by atoms with Gasteiger partial charge in [0.25, 0.3) is 0 Å². The Labute approximate surface area is 68.6 Å². The molecule has 58 valence electrons. The lowest BCUT2D eigenvalue weighted by Gasteiger charge is -2.04. The molecule has 0 unspecified atom stereocenters. The molecule has 0 radical (unpaired) electrons. The van der Waals surface area contributed by atoms with E-state index < -0.39 is 0 Å². The fourth-order valence-electron chi connectivity index (χ4n) is 1.20. The molecule has 0 heterocycles. The molecule has 0 saturated carbocycles. The Hall–Kier alpha value is -1.04. The van der Waals surface area contributed by atoms with Crippen LogP contribution in [0.5, 0.6) is 0 Å². The van der Waals surface area contributed by atoms with Gasteiger partial charge in [0.15, 0.2) is 0 Å². The molecule has 0 aliphatic carbocycles. The van der Waals surface area contributed by atoms with Crippen molar-refractivity contribution in [3.63, 3.8) is 0 Å². The van der Waals surface area contributed by atoms with Gasteiger partial charge in [0.05, 0.1) is 0 Å². The second-order valence-electron chi connectivity index (χ2n) is 3.00. The SMILES string of the molecule is C=Cc1cc(C)c(C)cc1C. The van der Waals surface area contributed by atoms with Crippen LogP contribution in [0.15, 0.2) is 18.7 Å². The minimum atomic E-state index is 1.24. The average molecular weight is 146 g/mol. The second-order valence-corrected chi connectivity index (χ2v) is 3.00. The zero-order valence-corrected chi connectivity index (χ0v) is 7.44. The van der Waals surface area contributed by atoms with Crippen LogP contribution < -0.4 is 0 Å². The van der Waals surface area contributed by atoms with Crippen LogP contribution in [0.25, 0.3) is 6.08 Å². The molecular formula is C11H14.